The fourth-order valence-electron chi connectivity index (χ4n) is 1.89. The van der Waals surface area contributed by atoms with E-state index in [1.807, 2.05) is 33.8 Å². The van der Waals surface area contributed by atoms with Gasteiger partial charge >= 0.3 is 5.97 Å². The Hall–Kier alpha value is -1.36. The molecular formula is C16H22BrNO3. The molecule has 0 bridgehead atoms. The molecule has 5 heteroatoms. The van der Waals surface area contributed by atoms with E-state index in [1.54, 1.807) is 12.1 Å². The topological polar surface area (TPSA) is 66.4 Å². The molecular weight excluding hydrogens is 334 g/mol. The van der Waals surface area contributed by atoms with E-state index in [0.717, 1.165) is 12.0 Å². The van der Waals surface area contributed by atoms with Gasteiger partial charge in [-0.15, -0.1) is 0 Å². The van der Waals surface area contributed by atoms with Gasteiger partial charge in [0.05, 0.1) is 5.56 Å². The molecule has 0 radical (unpaired) electrons. The van der Waals surface area contributed by atoms with Gasteiger partial charge in [-0.3, -0.25) is 4.79 Å². The minimum absolute atomic E-state index is 0.0301. The first-order valence-electron chi connectivity index (χ1n) is 6.90. The van der Waals surface area contributed by atoms with E-state index in [-0.39, 0.29) is 11.3 Å². The van der Waals surface area contributed by atoms with Crippen molar-refractivity contribution >= 4 is 27.8 Å². The first kappa shape index (κ1) is 17.7. The van der Waals surface area contributed by atoms with E-state index < -0.39 is 12.0 Å². The number of benzene rings is 1. The van der Waals surface area contributed by atoms with Gasteiger partial charge in [-0.2, -0.15) is 0 Å². The normalized spacial score (nSPS) is 12.8. The fourth-order valence-corrected chi connectivity index (χ4v) is 2.34. The first-order chi connectivity index (χ1) is 9.61. The number of aryl methyl sites for hydroxylation is 1. The third-order valence-corrected chi connectivity index (χ3v) is 4.28. The van der Waals surface area contributed by atoms with Gasteiger partial charge in [0.2, 0.25) is 0 Å². The summed E-state index contributed by atoms with van der Waals surface area (Å²) < 4.78 is 0.697. The molecule has 1 aromatic carbocycles. The lowest BCUT2D eigenvalue weighted by atomic mass is 9.88. The van der Waals surface area contributed by atoms with Crippen LogP contribution in [0.4, 0.5) is 0 Å². The number of carboxylic acids is 1. The molecule has 1 atom stereocenters. The lowest BCUT2D eigenvalue weighted by Gasteiger charge is -2.22. The molecule has 1 rings (SSSR count). The van der Waals surface area contributed by atoms with Crippen molar-refractivity contribution in [2.24, 2.45) is 5.41 Å². The van der Waals surface area contributed by atoms with Crippen molar-refractivity contribution in [1.29, 1.82) is 0 Å². The predicted octanol–water partition coefficient (Wildman–Crippen LogP) is 3.77. The number of rotatable bonds is 5. The van der Waals surface area contributed by atoms with Gasteiger partial charge in [0.25, 0.3) is 5.91 Å². The molecule has 21 heavy (non-hydrogen) atoms. The van der Waals surface area contributed by atoms with Crippen LogP contribution in [0.3, 0.4) is 0 Å². The molecule has 1 aromatic rings. The highest BCUT2D eigenvalue weighted by Gasteiger charge is 2.24. The number of amides is 1. The number of carbonyl (C=O) groups excluding carboxylic acids is 1. The number of aliphatic carboxylic acids is 1. The second kappa shape index (κ2) is 7.07. The molecule has 0 fully saturated rings. The molecule has 0 aromatic heterocycles. The van der Waals surface area contributed by atoms with E-state index >= 15 is 0 Å². The number of carbonyl (C=O) groups is 2. The highest BCUT2D eigenvalue weighted by atomic mass is 79.9. The molecule has 0 aliphatic carbocycles. The van der Waals surface area contributed by atoms with Gasteiger partial charge in [0.15, 0.2) is 0 Å². The van der Waals surface area contributed by atoms with Crippen LogP contribution in [-0.2, 0) is 4.79 Å². The summed E-state index contributed by atoms with van der Waals surface area (Å²) in [4.78, 5) is 23.6. The van der Waals surface area contributed by atoms with Crippen molar-refractivity contribution in [1.82, 2.24) is 5.32 Å². The summed E-state index contributed by atoms with van der Waals surface area (Å²) in [5.41, 5.74) is 1.42. The summed E-state index contributed by atoms with van der Waals surface area (Å²) in [6, 6.07) is 4.47. The Morgan fingerprint density at radius 1 is 1.33 bits per heavy atom. The van der Waals surface area contributed by atoms with Crippen molar-refractivity contribution in [3.05, 3.63) is 33.8 Å². The third kappa shape index (κ3) is 5.50. The molecule has 116 valence electrons. The molecule has 0 spiro atoms. The zero-order chi connectivity index (χ0) is 16.2. The minimum Gasteiger partial charge on any atom is -0.480 e. The molecule has 0 saturated heterocycles. The quantitative estimate of drug-likeness (QED) is 0.844. The monoisotopic (exact) mass is 355 g/mol. The Morgan fingerprint density at radius 2 is 1.95 bits per heavy atom. The second-order valence-corrected chi connectivity index (χ2v) is 7.19. The van der Waals surface area contributed by atoms with E-state index in [1.165, 1.54) is 0 Å². The van der Waals surface area contributed by atoms with Crippen LogP contribution in [0.15, 0.2) is 22.7 Å². The number of carboxylic acid groups (broad SMARTS) is 1. The maximum atomic E-state index is 12.3. The minimum atomic E-state index is -1.00. The van der Waals surface area contributed by atoms with Crippen molar-refractivity contribution in [3.8, 4) is 0 Å². The van der Waals surface area contributed by atoms with Gasteiger partial charge in [0, 0.05) is 4.47 Å². The van der Waals surface area contributed by atoms with Crippen LogP contribution in [0, 0.1) is 12.3 Å². The van der Waals surface area contributed by atoms with E-state index in [4.69, 9.17) is 0 Å². The highest BCUT2D eigenvalue weighted by Crippen LogP contribution is 2.23. The summed E-state index contributed by atoms with van der Waals surface area (Å²) in [5, 5.41) is 11.9. The van der Waals surface area contributed by atoms with Crippen LogP contribution >= 0.6 is 15.9 Å². The van der Waals surface area contributed by atoms with E-state index in [0.29, 0.717) is 16.5 Å². The number of nitrogens with one attached hydrogen (secondary N) is 1. The fraction of sp³-hybridized carbons (Fsp3) is 0.500. The van der Waals surface area contributed by atoms with Crippen LogP contribution in [0.2, 0.25) is 0 Å². The van der Waals surface area contributed by atoms with Gasteiger partial charge < -0.3 is 10.4 Å². The smallest absolute Gasteiger partial charge is 0.326 e. The number of halogens is 1. The van der Waals surface area contributed by atoms with Crippen LogP contribution < -0.4 is 5.32 Å². The molecule has 2 N–H and O–H groups in total. The second-order valence-electron chi connectivity index (χ2n) is 6.40. The average molecular weight is 356 g/mol. The molecule has 4 nitrogen and oxygen atoms in total. The molecule has 0 aliphatic rings. The molecule has 0 saturated carbocycles. The van der Waals surface area contributed by atoms with Crippen LogP contribution in [0.5, 0.6) is 0 Å². The summed E-state index contributed by atoms with van der Waals surface area (Å²) in [6.45, 7) is 8.02. The lowest BCUT2D eigenvalue weighted by Crippen LogP contribution is -2.41. The maximum absolute atomic E-state index is 12.3. The molecule has 1 amide bonds. The Kier molecular flexibility index (Phi) is 5.96. The van der Waals surface area contributed by atoms with E-state index in [9.17, 15) is 14.7 Å². The first-order valence-corrected chi connectivity index (χ1v) is 7.70. The molecule has 0 heterocycles. The summed E-state index contributed by atoms with van der Waals surface area (Å²) in [6.07, 6.45) is 1.13. The van der Waals surface area contributed by atoms with Crippen LogP contribution in [-0.4, -0.2) is 23.0 Å². The average Bonchev–Trinajstić information content (AvgIpc) is 2.36. The zero-order valence-electron chi connectivity index (χ0n) is 12.9. The Morgan fingerprint density at radius 3 is 2.48 bits per heavy atom. The molecule has 1 unspecified atom stereocenters. The zero-order valence-corrected chi connectivity index (χ0v) is 14.5. The standard InChI is InChI=1S/C16H22BrNO3/c1-10-6-5-7-11(13(10)17)14(19)18-12(15(20)21)8-9-16(2,3)4/h5-7,12H,8-9H2,1-4H3,(H,18,19)(H,20,21). The third-order valence-electron chi connectivity index (χ3n) is 3.22. The highest BCUT2D eigenvalue weighted by molar-refractivity contribution is 9.10. The Balaban J connectivity index is 2.82. The SMILES string of the molecule is Cc1cccc(C(=O)NC(CCC(C)(C)C)C(=O)O)c1Br. The van der Waals surface area contributed by atoms with Crippen LogP contribution in [0.1, 0.15) is 49.5 Å². The number of hydrogen-bond donors (Lipinski definition) is 2. The van der Waals surface area contributed by atoms with Crippen LogP contribution in [0.25, 0.3) is 0 Å². The van der Waals surface area contributed by atoms with Crippen molar-refractivity contribution < 1.29 is 14.7 Å². The summed E-state index contributed by atoms with van der Waals surface area (Å²) >= 11 is 3.37. The predicted molar refractivity (Wildman–Crippen MR) is 86.5 cm³/mol. The van der Waals surface area contributed by atoms with Gasteiger partial charge in [0.1, 0.15) is 6.04 Å². The Labute approximate surface area is 134 Å². The number of hydrogen-bond acceptors (Lipinski definition) is 2. The lowest BCUT2D eigenvalue weighted by molar-refractivity contribution is -0.139. The van der Waals surface area contributed by atoms with Gasteiger partial charge in [-0.05, 0) is 52.7 Å². The maximum Gasteiger partial charge on any atom is 0.326 e. The van der Waals surface area contributed by atoms with Gasteiger partial charge in [-0.1, -0.05) is 32.9 Å². The van der Waals surface area contributed by atoms with Gasteiger partial charge in [-0.25, -0.2) is 4.79 Å². The van der Waals surface area contributed by atoms with Crippen molar-refractivity contribution in [2.45, 2.75) is 46.6 Å². The summed E-state index contributed by atoms with van der Waals surface area (Å²) in [5.74, 6) is -1.37. The van der Waals surface area contributed by atoms with E-state index in [2.05, 4.69) is 21.2 Å². The van der Waals surface area contributed by atoms with Crippen molar-refractivity contribution in [3.63, 3.8) is 0 Å². The Bertz CT molecular complexity index is 535. The molecule has 0 aliphatic heterocycles. The van der Waals surface area contributed by atoms with Crippen molar-refractivity contribution in [2.75, 3.05) is 0 Å². The summed E-state index contributed by atoms with van der Waals surface area (Å²) in [7, 11) is 0. The largest absolute Gasteiger partial charge is 0.480 e.